The fourth-order valence-electron chi connectivity index (χ4n) is 0.673. The van der Waals surface area contributed by atoms with Crippen molar-refractivity contribution in [3.8, 4) is 0 Å². The van der Waals surface area contributed by atoms with E-state index in [9.17, 15) is 0 Å². The molecule has 0 aliphatic rings. The molecule has 0 heterocycles. The molecule has 0 fully saturated rings. The van der Waals surface area contributed by atoms with E-state index in [1.165, 1.54) is 25.7 Å². The Hall–Kier alpha value is 0.790. The molecule has 0 N–H and O–H groups in total. The Morgan fingerprint density at radius 2 is 1.88 bits per heavy atom. The van der Waals surface area contributed by atoms with Crippen molar-refractivity contribution in [2.24, 2.45) is 0 Å². The maximum atomic E-state index is 2.39. The van der Waals surface area contributed by atoms with Crippen molar-refractivity contribution in [2.75, 3.05) is 0 Å². The Morgan fingerprint density at radius 1 is 1.12 bits per heavy atom. The van der Waals surface area contributed by atoms with Gasteiger partial charge in [0.25, 0.3) is 0 Å². The molecule has 0 amide bonds. The van der Waals surface area contributed by atoms with E-state index in [4.69, 9.17) is 0 Å². The predicted molar refractivity (Wildman–Crippen MR) is 40.6 cm³/mol. The van der Waals surface area contributed by atoms with E-state index in [0.29, 0.717) is 20.9 Å². The van der Waals surface area contributed by atoms with Gasteiger partial charge in [0.05, 0.1) is 0 Å². The standard InChI is InChI=1S/C7H16Te/c1-3-4-5-6-7-8-2/h3-7H2,1-2H3. The molecule has 0 saturated heterocycles. The van der Waals surface area contributed by atoms with E-state index in [-0.39, 0.29) is 0 Å². The molecule has 1 heteroatoms. The summed E-state index contributed by atoms with van der Waals surface area (Å²) in [4.78, 5) is 2.39. The summed E-state index contributed by atoms with van der Waals surface area (Å²) >= 11 is 0.449. The molecular formula is C7H16Te. The van der Waals surface area contributed by atoms with E-state index < -0.39 is 0 Å². The molecule has 0 aliphatic heterocycles. The van der Waals surface area contributed by atoms with Crippen LogP contribution in [0.5, 0.6) is 0 Å². The Morgan fingerprint density at radius 3 is 2.38 bits per heavy atom. The van der Waals surface area contributed by atoms with Crippen LogP contribution in [0.15, 0.2) is 0 Å². The van der Waals surface area contributed by atoms with Gasteiger partial charge in [-0.15, -0.1) is 0 Å². The first-order chi connectivity index (χ1) is 3.91. The Labute approximate surface area is 63.1 Å². The fraction of sp³-hybridized carbons (Fsp3) is 1.00. The molecule has 0 aliphatic carbocycles. The molecule has 0 saturated carbocycles. The predicted octanol–water partition coefficient (Wildman–Crippen LogP) is 2.74. The monoisotopic (exact) mass is 230 g/mol. The molecule has 50 valence electrons. The summed E-state index contributed by atoms with van der Waals surface area (Å²) in [6, 6.07) is 0. The van der Waals surface area contributed by atoms with Crippen LogP contribution in [0.2, 0.25) is 9.44 Å². The van der Waals surface area contributed by atoms with Crippen molar-refractivity contribution >= 4 is 20.9 Å². The number of hydrogen-bond acceptors (Lipinski definition) is 0. The van der Waals surface area contributed by atoms with Crippen molar-refractivity contribution in [2.45, 2.75) is 42.0 Å². The number of unbranched alkanes of at least 4 members (excludes halogenated alkanes) is 3. The van der Waals surface area contributed by atoms with Crippen LogP contribution >= 0.6 is 0 Å². The molecular weight excluding hydrogens is 212 g/mol. The van der Waals surface area contributed by atoms with E-state index in [2.05, 4.69) is 11.9 Å². The zero-order valence-corrected chi connectivity index (χ0v) is 8.27. The minimum absolute atomic E-state index is 0.449. The second kappa shape index (κ2) is 7.79. The molecule has 0 unspecified atom stereocenters. The minimum atomic E-state index is 0.449. The molecule has 0 aromatic heterocycles. The van der Waals surface area contributed by atoms with Crippen molar-refractivity contribution in [1.82, 2.24) is 0 Å². The summed E-state index contributed by atoms with van der Waals surface area (Å²) in [5, 5.41) is 0. The third-order valence-electron chi connectivity index (χ3n) is 1.20. The SMILES string of the molecule is CCCCCC[Te]C. The first-order valence-corrected chi connectivity index (χ1v) is 7.38. The summed E-state index contributed by atoms with van der Waals surface area (Å²) in [6.45, 7) is 2.27. The van der Waals surface area contributed by atoms with Crippen LogP contribution in [-0.4, -0.2) is 20.9 Å². The van der Waals surface area contributed by atoms with E-state index in [0.717, 1.165) is 0 Å². The summed E-state index contributed by atoms with van der Waals surface area (Å²) < 4.78 is 1.56. The fourth-order valence-corrected chi connectivity index (χ4v) is 2.08. The Balaban J connectivity index is 2.53. The molecule has 0 spiro atoms. The number of rotatable bonds is 5. The molecule has 0 radical (unpaired) electrons. The average Bonchev–Trinajstić information content (AvgIpc) is 1.81. The molecule has 0 aromatic carbocycles. The van der Waals surface area contributed by atoms with Gasteiger partial charge in [0.15, 0.2) is 0 Å². The molecule has 0 bridgehead atoms. The average molecular weight is 228 g/mol. The van der Waals surface area contributed by atoms with Gasteiger partial charge in [-0.2, -0.15) is 0 Å². The van der Waals surface area contributed by atoms with Crippen molar-refractivity contribution in [3.63, 3.8) is 0 Å². The molecule has 0 nitrogen and oxygen atoms in total. The normalized spacial score (nSPS) is 9.75. The van der Waals surface area contributed by atoms with Gasteiger partial charge in [0.2, 0.25) is 0 Å². The molecule has 0 atom stereocenters. The Bertz CT molecular complexity index is 29.4. The third kappa shape index (κ3) is 6.79. The van der Waals surface area contributed by atoms with Gasteiger partial charge in [0, 0.05) is 0 Å². The van der Waals surface area contributed by atoms with Crippen LogP contribution < -0.4 is 0 Å². The topological polar surface area (TPSA) is 0 Å². The second-order valence-corrected chi connectivity index (χ2v) is 4.87. The van der Waals surface area contributed by atoms with Gasteiger partial charge in [-0.05, 0) is 0 Å². The third-order valence-corrected chi connectivity index (χ3v) is 3.19. The zero-order chi connectivity index (χ0) is 6.24. The van der Waals surface area contributed by atoms with Crippen LogP contribution in [0.1, 0.15) is 32.6 Å². The van der Waals surface area contributed by atoms with Gasteiger partial charge < -0.3 is 0 Å². The summed E-state index contributed by atoms with van der Waals surface area (Å²) in [5.41, 5.74) is 0. The second-order valence-electron chi connectivity index (χ2n) is 2.05. The summed E-state index contributed by atoms with van der Waals surface area (Å²) in [5.74, 6) is 0. The molecule has 0 rings (SSSR count). The zero-order valence-electron chi connectivity index (χ0n) is 5.94. The van der Waals surface area contributed by atoms with Crippen molar-refractivity contribution < 1.29 is 0 Å². The van der Waals surface area contributed by atoms with Gasteiger partial charge in [-0.1, -0.05) is 0 Å². The van der Waals surface area contributed by atoms with Crippen LogP contribution in [-0.2, 0) is 0 Å². The van der Waals surface area contributed by atoms with E-state index in [1.807, 2.05) is 0 Å². The first-order valence-electron chi connectivity index (χ1n) is 3.40. The van der Waals surface area contributed by atoms with Gasteiger partial charge in [-0.3, -0.25) is 0 Å². The van der Waals surface area contributed by atoms with Crippen molar-refractivity contribution in [1.29, 1.82) is 0 Å². The van der Waals surface area contributed by atoms with Crippen LogP contribution in [0.3, 0.4) is 0 Å². The summed E-state index contributed by atoms with van der Waals surface area (Å²) in [7, 11) is 0. The van der Waals surface area contributed by atoms with Gasteiger partial charge in [-0.25, -0.2) is 0 Å². The van der Waals surface area contributed by atoms with Gasteiger partial charge >= 0.3 is 63.0 Å². The summed E-state index contributed by atoms with van der Waals surface area (Å²) in [6.07, 6.45) is 5.82. The first kappa shape index (κ1) is 8.79. The quantitative estimate of drug-likeness (QED) is 0.501. The Kier molecular flexibility index (Phi) is 8.56. The van der Waals surface area contributed by atoms with Crippen LogP contribution in [0, 0.1) is 0 Å². The molecule has 0 aromatic rings. The van der Waals surface area contributed by atoms with Crippen LogP contribution in [0.25, 0.3) is 0 Å². The van der Waals surface area contributed by atoms with E-state index in [1.54, 1.807) is 4.47 Å². The molecule has 8 heavy (non-hydrogen) atoms. The van der Waals surface area contributed by atoms with Crippen molar-refractivity contribution in [3.05, 3.63) is 0 Å². The maximum absolute atomic E-state index is 2.39. The van der Waals surface area contributed by atoms with Gasteiger partial charge in [0.1, 0.15) is 0 Å². The van der Waals surface area contributed by atoms with Crippen LogP contribution in [0.4, 0.5) is 0 Å². The number of hydrogen-bond donors (Lipinski definition) is 0. The van der Waals surface area contributed by atoms with E-state index >= 15 is 0 Å².